The van der Waals surface area contributed by atoms with E-state index in [1.807, 2.05) is 13.1 Å². The van der Waals surface area contributed by atoms with Crippen LogP contribution in [0, 0.1) is 0 Å². The van der Waals surface area contributed by atoms with Gasteiger partial charge in [-0.05, 0) is 18.3 Å². The second-order valence-corrected chi connectivity index (χ2v) is 2.74. The van der Waals surface area contributed by atoms with Crippen molar-refractivity contribution in [2.45, 2.75) is 0 Å². The first-order valence-electron chi connectivity index (χ1n) is 3.73. The molecule has 0 aromatic carbocycles. The van der Waals surface area contributed by atoms with Crippen LogP contribution in [0.4, 0.5) is 0 Å². The summed E-state index contributed by atoms with van der Waals surface area (Å²) in [6.45, 7) is 0. The molecule has 2 N–H and O–H groups in total. The predicted molar refractivity (Wildman–Crippen MR) is 55.6 cm³/mol. The molecular weight excluding hydrogens is 186 g/mol. The number of hydrogen-bond donors (Lipinski definition) is 2. The highest BCUT2D eigenvalue weighted by Gasteiger charge is 1.92. The van der Waals surface area contributed by atoms with E-state index in [9.17, 15) is 0 Å². The highest BCUT2D eigenvalue weighted by molar-refractivity contribution is 7.80. The first kappa shape index (κ1) is 9.66. The maximum atomic E-state index is 4.82. The topological polar surface area (TPSA) is 54.2 Å². The molecule has 0 saturated heterocycles. The average molecular weight is 197 g/mol. The lowest BCUT2D eigenvalue weighted by Crippen LogP contribution is -2.28. The second-order valence-electron chi connectivity index (χ2n) is 2.33. The second kappa shape index (κ2) is 4.56. The number of hydrogen-bond acceptors (Lipinski definition) is 3. The molecule has 0 bridgehead atoms. The van der Waals surface area contributed by atoms with Crippen molar-refractivity contribution in [2.75, 3.05) is 7.05 Å². The van der Waals surface area contributed by atoms with Crippen molar-refractivity contribution in [2.24, 2.45) is 12.1 Å². The number of aryl methyl sites for hydroxylation is 1. The van der Waals surface area contributed by atoms with E-state index in [1.54, 1.807) is 24.1 Å². The summed E-state index contributed by atoms with van der Waals surface area (Å²) < 4.78 is 1.72. The summed E-state index contributed by atoms with van der Waals surface area (Å²) in [5.74, 6) is 0. The third-order valence-electron chi connectivity index (χ3n) is 1.45. The van der Waals surface area contributed by atoms with Crippen LogP contribution in [0.1, 0.15) is 5.69 Å². The molecule has 5 nitrogen and oxygen atoms in total. The van der Waals surface area contributed by atoms with Crippen LogP contribution in [0.15, 0.2) is 17.4 Å². The van der Waals surface area contributed by atoms with E-state index >= 15 is 0 Å². The van der Waals surface area contributed by atoms with Gasteiger partial charge in [-0.3, -0.25) is 10.1 Å². The van der Waals surface area contributed by atoms with Gasteiger partial charge >= 0.3 is 0 Å². The van der Waals surface area contributed by atoms with Gasteiger partial charge in [0.2, 0.25) is 0 Å². The van der Waals surface area contributed by atoms with Gasteiger partial charge in [-0.2, -0.15) is 10.2 Å². The lowest BCUT2D eigenvalue weighted by Gasteiger charge is -1.99. The van der Waals surface area contributed by atoms with Crippen molar-refractivity contribution in [1.82, 2.24) is 20.5 Å². The van der Waals surface area contributed by atoms with Crippen LogP contribution in [-0.2, 0) is 7.05 Å². The molecule has 0 unspecified atom stereocenters. The van der Waals surface area contributed by atoms with E-state index in [-0.39, 0.29) is 0 Å². The molecule has 70 valence electrons. The van der Waals surface area contributed by atoms with Crippen LogP contribution in [0.25, 0.3) is 0 Å². The van der Waals surface area contributed by atoms with Crippen LogP contribution >= 0.6 is 12.2 Å². The quantitative estimate of drug-likeness (QED) is 0.393. The van der Waals surface area contributed by atoms with Gasteiger partial charge in [0.1, 0.15) is 0 Å². The van der Waals surface area contributed by atoms with Crippen molar-refractivity contribution in [3.05, 3.63) is 18.0 Å². The number of aromatic nitrogens is 2. The summed E-state index contributed by atoms with van der Waals surface area (Å²) in [6.07, 6.45) is 3.36. The van der Waals surface area contributed by atoms with Crippen LogP contribution in [0.5, 0.6) is 0 Å². The molecule has 0 radical (unpaired) electrons. The highest BCUT2D eigenvalue weighted by atomic mass is 32.1. The number of hydrazone groups is 1. The van der Waals surface area contributed by atoms with Crippen LogP contribution < -0.4 is 10.7 Å². The van der Waals surface area contributed by atoms with Gasteiger partial charge in [-0.15, -0.1) is 0 Å². The number of nitrogens with one attached hydrogen (secondary N) is 2. The Hall–Kier alpha value is -1.43. The summed E-state index contributed by atoms with van der Waals surface area (Å²) >= 11 is 4.82. The van der Waals surface area contributed by atoms with Gasteiger partial charge in [0.15, 0.2) is 5.11 Å². The largest absolute Gasteiger partial charge is 0.364 e. The summed E-state index contributed by atoms with van der Waals surface area (Å²) in [6, 6.07) is 1.85. The minimum Gasteiger partial charge on any atom is -0.364 e. The van der Waals surface area contributed by atoms with Crippen molar-refractivity contribution in [3.63, 3.8) is 0 Å². The van der Waals surface area contributed by atoms with Crippen LogP contribution in [0.2, 0.25) is 0 Å². The van der Waals surface area contributed by atoms with Crippen molar-refractivity contribution < 1.29 is 0 Å². The maximum Gasteiger partial charge on any atom is 0.186 e. The fourth-order valence-corrected chi connectivity index (χ4v) is 0.776. The molecule has 0 amide bonds. The fourth-order valence-electron chi connectivity index (χ4n) is 0.724. The highest BCUT2D eigenvalue weighted by Crippen LogP contribution is 1.89. The van der Waals surface area contributed by atoms with E-state index in [1.165, 1.54) is 0 Å². The standard InChI is InChI=1S/C7H11N5S/c1-8-7(13)11-9-5-6-3-4-10-12(6)2/h3-5H,1-2H3,(H2,8,11,13)/b9-5+. The van der Waals surface area contributed by atoms with Gasteiger partial charge in [0.05, 0.1) is 11.9 Å². The normalized spacial score (nSPS) is 10.3. The Morgan fingerprint density at radius 1 is 1.77 bits per heavy atom. The zero-order chi connectivity index (χ0) is 9.68. The summed E-state index contributed by atoms with van der Waals surface area (Å²) in [7, 11) is 3.58. The first-order chi connectivity index (χ1) is 6.24. The Balaban J connectivity index is 2.50. The Morgan fingerprint density at radius 3 is 3.08 bits per heavy atom. The predicted octanol–water partition coefficient (Wildman–Crippen LogP) is -0.152. The number of nitrogens with zero attached hydrogens (tertiary/aromatic N) is 3. The summed E-state index contributed by atoms with van der Waals surface area (Å²) in [4.78, 5) is 0. The Kier molecular flexibility index (Phi) is 3.39. The molecule has 1 aromatic heterocycles. The minimum atomic E-state index is 0.485. The maximum absolute atomic E-state index is 4.82. The summed E-state index contributed by atoms with van der Waals surface area (Å²) in [5.41, 5.74) is 3.56. The van der Waals surface area contributed by atoms with E-state index in [0.717, 1.165) is 5.69 Å². The molecule has 0 aliphatic rings. The SMILES string of the molecule is CNC(=S)N/N=C/c1ccnn1C. The molecule has 1 heterocycles. The zero-order valence-corrected chi connectivity index (χ0v) is 8.30. The lowest BCUT2D eigenvalue weighted by atomic mass is 10.5. The summed E-state index contributed by atoms with van der Waals surface area (Å²) in [5, 5.41) is 11.1. The Labute approximate surface area is 81.8 Å². The van der Waals surface area contributed by atoms with E-state index < -0.39 is 0 Å². The Bertz CT molecular complexity index is 316. The molecule has 0 aliphatic heterocycles. The monoisotopic (exact) mass is 197 g/mol. The number of thiocarbonyl (C=S) groups is 1. The fraction of sp³-hybridized carbons (Fsp3) is 0.286. The number of rotatable bonds is 2. The van der Waals surface area contributed by atoms with Crippen LogP contribution in [0.3, 0.4) is 0 Å². The van der Waals surface area contributed by atoms with Gasteiger partial charge in [-0.1, -0.05) is 0 Å². The first-order valence-corrected chi connectivity index (χ1v) is 4.13. The van der Waals surface area contributed by atoms with E-state index in [2.05, 4.69) is 20.9 Å². The molecule has 1 rings (SSSR count). The minimum absolute atomic E-state index is 0.485. The molecule has 0 fully saturated rings. The lowest BCUT2D eigenvalue weighted by molar-refractivity contribution is 0.761. The molecule has 13 heavy (non-hydrogen) atoms. The van der Waals surface area contributed by atoms with Crippen LogP contribution in [-0.4, -0.2) is 28.2 Å². The van der Waals surface area contributed by atoms with Gasteiger partial charge < -0.3 is 5.32 Å². The average Bonchev–Trinajstić information content (AvgIpc) is 2.52. The zero-order valence-electron chi connectivity index (χ0n) is 7.48. The van der Waals surface area contributed by atoms with Gasteiger partial charge in [0.25, 0.3) is 0 Å². The molecular formula is C7H11N5S. The van der Waals surface area contributed by atoms with Crippen molar-refractivity contribution >= 4 is 23.5 Å². The molecule has 0 saturated carbocycles. The molecule has 0 spiro atoms. The van der Waals surface area contributed by atoms with E-state index in [0.29, 0.717) is 5.11 Å². The molecule has 1 aromatic rings. The molecule has 0 aliphatic carbocycles. The smallest absolute Gasteiger partial charge is 0.186 e. The van der Waals surface area contributed by atoms with Gasteiger partial charge in [0, 0.05) is 20.3 Å². The van der Waals surface area contributed by atoms with E-state index in [4.69, 9.17) is 12.2 Å². The third kappa shape index (κ3) is 2.83. The van der Waals surface area contributed by atoms with Crippen molar-refractivity contribution in [3.8, 4) is 0 Å². The molecule has 0 atom stereocenters. The Morgan fingerprint density at radius 2 is 2.54 bits per heavy atom. The third-order valence-corrected chi connectivity index (χ3v) is 1.74. The van der Waals surface area contributed by atoms with Gasteiger partial charge in [-0.25, -0.2) is 0 Å². The van der Waals surface area contributed by atoms with Crippen molar-refractivity contribution in [1.29, 1.82) is 0 Å². The molecule has 6 heteroatoms.